The maximum atomic E-state index is 12.7. The summed E-state index contributed by atoms with van der Waals surface area (Å²) >= 11 is 1.55. The summed E-state index contributed by atoms with van der Waals surface area (Å²) in [5.74, 6) is 1.76. The fraction of sp³-hybridized carbons (Fsp3) is 0.300. The van der Waals surface area contributed by atoms with Gasteiger partial charge in [0.05, 0.1) is 5.69 Å². The summed E-state index contributed by atoms with van der Waals surface area (Å²) in [5.41, 5.74) is 2.62. The van der Waals surface area contributed by atoms with Gasteiger partial charge in [-0.15, -0.1) is 11.3 Å². The molecule has 27 heavy (non-hydrogen) atoms. The zero-order chi connectivity index (χ0) is 18.8. The second-order valence-electron chi connectivity index (χ2n) is 6.77. The molecular formula is C20H21N5OS. The van der Waals surface area contributed by atoms with Crippen LogP contribution in [0.25, 0.3) is 0 Å². The van der Waals surface area contributed by atoms with Crippen LogP contribution in [0.1, 0.15) is 39.9 Å². The second kappa shape index (κ2) is 7.44. The summed E-state index contributed by atoms with van der Waals surface area (Å²) in [6.07, 6.45) is 0.873. The van der Waals surface area contributed by atoms with Crippen LogP contribution in [0.5, 0.6) is 0 Å². The minimum absolute atomic E-state index is 0.0716. The fourth-order valence-electron chi connectivity index (χ4n) is 3.28. The molecule has 1 unspecified atom stereocenters. The van der Waals surface area contributed by atoms with E-state index in [2.05, 4.69) is 15.3 Å². The molecule has 138 valence electrons. The Hall–Kier alpha value is -2.80. The van der Waals surface area contributed by atoms with Crippen LogP contribution in [0, 0.1) is 13.8 Å². The molecule has 0 aliphatic carbocycles. The van der Waals surface area contributed by atoms with Crippen LogP contribution in [0.15, 0.2) is 41.8 Å². The molecule has 0 radical (unpaired) electrons. The van der Waals surface area contributed by atoms with E-state index < -0.39 is 0 Å². The van der Waals surface area contributed by atoms with Crippen molar-refractivity contribution in [2.45, 2.75) is 26.2 Å². The summed E-state index contributed by atoms with van der Waals surface area (Å²) in [6.45, 7) is 5.30. The number of thiazole rings is 1. The van der Waals surface area contributed by atoms with Gasteiger partial charge < -0.3 is 10.2 Å². The highest BCUT2D eigenvalue weighted by Crippen LogP contribution is 2.28. The quantitative estimate of drug-likeness (QED) is 0.744. The third-order valence-corrected chi connectivity index (χ3v) is 5.46. The van der Waals surface area contributed by atoms with Crippen molar-refractivity contribution in [1.82, 2.24) is 19.9 Å². The first kappa shape index (κ1) is 17.6. The first-order chi connectivity index (χ1) is 13.1. The molecule has 6 nitrogen and oxygen atoms in total. The molecule has 1 saturated heterocycles. The van der Waals surface area contributed by atoms with Gasteiger partial charge in [-0.05, 0) is 32.4 Å². The molecule has 1 aliphatic heterocycles. The number of amides is 1. The minimum atomic E-state index is 0.0716. The molecule has 1 N–H and O–H groups in total. The van der Waals surface area contributed by atoms with Crippen LogP contribution in [-0.2, 0) is 0 Å². The van der Waals surface area contributed by atoms with Gasteiger partial charge in [-0.2, -0.15) is 0 Å². The number of hydrogen-bond donors (Lipinski definition) is 1. The Morgan fingerprint density at radius 2 is 1.96 bits per heavy atom. The maximum Gasteiger partial charge on any atom is 0.253 e. The minimum Gasteiger partial charge on any atom is -0.338 e. The highest BCUT2D eigenvalue weighted by atomic mass is 32.1. The highest BCUT2D eigenvalue weighted by molar-refractivity contribution is 7.13. The van der Waals surface area contributed by atoms with Crippen LogP contribution < -0.4 is 5.32 Å². The molecule has 1 aliphatic rings. The lowest BCUT2D eigenvalue weighted by molar-refractivity contribution is 0.0790. The van der Waals surface area contributed by atoms with Gasteiger partial charge in [0.1, 0.15) is 11.6 Å². The fourth-order valence-corrected chi connectivity index (χ4v) is 3.97. The molecule has 0 bridgehead atoms. The molecule has 7 heteroatoms. The van der Waals surface area contributed by atoms with E-state index in [1.165, 1.54) is 0 Å². The third kappa shape index (κ3) is 3.98. The number of benzene rings is 1. The van der Waals surface area contributed by atoms with E-state index in [-0.39, 0.29) is 11.8 Å². The van der Waals surface area contributed by atoms with Gasteiger partial charge in [-0.3, -0.25) is 4.79 Å². The largest absolute Gasteiger partial charge is 0.338 e. The van der Waals surface area contributed by atoms with Crippen molar-refractivity contribution in [3.05, 3.63) is 64.6 Å². The lowest BCUT2D eigenvalue weighted by Crippen LogP contribution is -2.28. The number of aromatic nitrogens is 3. The lowest BCUT2D eigenvalue weighted by atomic mass is 10.1. The van der Waals surface area contributed by atoms with Crippen LogP contribution in [-0.4, -0.2) is 38.8 Å². The Balaban J connectivity index is 1.49. The maximum absolute atomic E-state index is 12.7. The Morgan fingerprint density at radius 3 is 2.70 bits per heavy atom. The molecule has 2 aromatic heterocycles. The third-order valence-electron chi connectivity index (χ3n) is 4.59. The topological polar surface area (TPSA) is 71.0 Å². The van der Waals surface area contributed by atoms with E-state index in [0.717, 1.165) is 46.7 Å². The molecule has 0 spiro atoms. The van der Waals surface area contributed by atoms with Crippen molar-refractivity contribution in [2.24, 2.45) is 0 Å². The summed E-state index contributed by atoms with van der Waals surface area (Å²) in [5, 5.41) is 6.09. The molecule has 4 rings (SSSR count). The van der Waals surface area contributed by atoms with Crippen molar-refractivity contribution >= 4 is 28.2 Å². The molecule has 0 saturated carbocycles. The SMILES string of the molecule is Cc1cc(Nc2nc(C)cs2)nc(C2CCN(C(=O)c3ccccc3)C2)n1. The van der Waals surface area contributed by atoms with Gasteiger partial charge >= 0.3 is 0 Å². The van der Waals surface area contributed by atoms with Crippen LogP contribution >= 0.6 is 11.3 Å². The molecule has 3 heterocycles. The van der Waals surface area contributed by atoms with Gasteiger partial charge in [0, 0.05) is 41.7 Å². The number of rotatable bonds is 4. The zero-order valence-electron chi connectivity index (χ0n) is 15.3. The number of anilines is 2. The molecule has 1 fully saturated rings. The molecular weight excluding hydrogens is 358 g/mol. The normalized spacial score (nSPS) is 16.5. The number of carbonyl (C=O) groups excluding carboxylic acids is 1. The van der Waals surface area contributed by atoms with Gasteiger partial charge in [-0.1, -0.05) is 18.2 Å². The van der Waals surface area contributed by atoms with Crippen molar-refractivity contribution in [1.29, 1.82) is 0 Å². The molecule has 3 aromatic rings. The van der Waals surface area contributed by atoms with E-state index in [4.69, 9.17) is 4.98 Å². The number of hydrogen-bond acceptors (Lipinski definition) is 6. The average molecular weight is 379 g/mol. The Bertz CT molecular complexity index is 956. The highest BCUT2D eigenvalue weighted by Gasteiger charge is 2.30. The molecule has 1 amide bonds. The Kier molecular flexibility index (Phi) is 4.85. The van der Waals surface area contributed by atoms with Crippen molar-refractivity contribution < 1.29 is 4.79 Å². The number of nitrogens with one attached hydrogen (secondary N) is 1. The number of aryl methyl sites for hydroxylation is 2. The summed E-state index contributed by atoms with van der Waals surface area (Å²) in [7, 11) is 0. The van der Waals surface area contributed by atoms with E-state index in [0.29, 0.717) is 6.54 Å². The summed E-state index contributed by atoms with van der Waals surface area (Å²) < 4.78 is 0. The first-order valence-corrected chi connectivity index (χ1v) is 9.85. The predicted molar refractivity (Wildman–Crippen MR) is 107 cm³/mol. The number of likely N-dealkylation sites (tertiary alicyclic amines) is 1. The van der Waals surface area contributed by atoms with Gasteiger partial charge in [-0.25, -0.2) is 15.0 Å². The van der Waals surface area contributed by atoms with Crippen molar-refractivity contribution in [3.63, 3.8) is 0 Å². The van der Waals surface area contributed by atoms with E-state index in [1.807, 2.05) is 60.5 Å². The van der Waals surface area contributed by atoms with Crippen LogP contribution in [0.2, 0.25) is 0 Å². The van der Waals surface area contributed by atoms with Gasteiger partial charge in [0.2, 0.25) is 0 Å². The second-order valence-corrected chi connectivity index (χ2v) is 7.63. The molecule has 1 atom stereocenters. The van der Waals surface area contributed by atoms with Crippen LogP contribution in [0.4, 0.5) is 10.9 Å². The average Bonchev–Trinajstić information content (AvgIpc) is 3.31. The predicted octanol–water partition coefficient (Wildman–Crippen LogP) is 3.92. The Morgan fingerprint density at radius 1 is 1.15 bits per heavy atom. The van der Waals surface area contributed by atoms with Crippen molar-refractivity contribution in [2.75, 3.05) is 18.4 Å². The van der Waals surface area contributed by atoms with E-state index in [1.54, 1.807) is 11.3 Å². The van der Waals surface area contributed by atoms with Crippen LogP contribution in [0.3, 0.4) is 0 Å². The first-order valence-electron chi connectivity index (χ1n) is 8.97. The van der Waals surface area contributed by atoms with Gasteiger partial charge in [0.15, 0.2) is 5.13 Å². The lowest BCUT2D eigenvalue weighted by Gasteiger charge is -2.16. The van der Waals surface area contributed by atoms with E-state index >= 15 is 0 Å². The number of nitrogens with zero attached hydrogens (tertiary/aromatic N) is 4. The summed E-state index contributed by atoms with van der Waals surface area (Å²) in [6, 6.07) is 11.3. The number of carbonyl (C=O) groups is 1. The Labute approximate surface area is 162 Å². The van der Waals surface area contributed by atoms with Gasteiger partial charge in [0.25, 0.3) is 5.91 Å². The standard InChI is InChI=1S/C20H21N5OS/c1-13-10-17(24-20-22-14(2)12-27-20)23-18(21-13)16-8-9-25(11-16)19(26)15-6-4-3-5-7-15/h3-7,10,12,16H,8-9,11H2,1-2H3,(H,21,22,23,24). The zero-order valence-corrected chi connectivity index (χ0v) is 16.2. The summed E-state index contributed by atoms with van der Waals surface area (Å²) in [4.78, 5) is 28.3. The smallest absolute Gasteiger partial charge is 0.253 e. The monoisotopic (exact) mass is 379 g/mol. The van der Waals surface area contributed by atoms with Crippen molar-refractivity contribution in [3.8, 4) is 0 Å². The van der Waals surface area contributed by atoms with E-state index in [9.17, 15) is 4.79 Å². The molecule has 1 aromatic carbocycles.